The standard InChI is InChI=1S/C15H12Cl2N2O2/c1-8(10-3-2-4-11(16)14(10)17)18-9-5-6-13-12(7-9)19-15(20)21-13/h2-8,18H,1H3,(H,19,20). The highest BCUT2D eigenvalue weighted by atomic mass is 35.5. The average Bonchev–Trinajstić information content (AvgIpc) is 2.81. The second kappa shape index (κ2) is 5.47. The monoisotopic (exact) mass is 322 g/mol. The third-order valence-electron chi connectivity index (χ3n) is 3.25. The molecule has 1 unspecified atom stereocenters. The maximum atomic E-state index is 11.2. The molecule has 6 heteroatoms. The fraction of sp³-hybridized carbons (Fsp3) is 0.133. The summed E-state index contributed by atoms with van der Waals surface area (Å²) in [5.74, 6) is -0.465. The maximum absolute atomic E-state index is 11.2. The minimum absolute atomic E-state index is 0.0349. The zero-order chi connectivity index (χ0) is 15.0. The molecule has 0 spiro atoms. The van der Waals surface area contributed by atoms with Crippen LogP contribution in [0.25, 0.3) is 11.1 Å². The molecule has 3 rings (SSSR count). The maximum Gasteiger partial charge on any atom is 0.417 e. The summed E-state index contributed by atoms with van der Waals surface area (Å²) in [5.41, 5.74) is 2.93. The smallest absolute Gasteiger partial charge is 0.408 e. The fourth-order valence-electron chi connectivity index (χ4n) is 2.22. The Bertz CT molecular complexity index is 854. The molecule has 0 aliphatic carbocycles. The van der Waals surface area contributed by atoms with Crippen LogP contribution in [0.4, 0.5) is 5.69 Å². The number of benzene rings is 2. The first-order chi connectivity index (χ1) is 10.0. The summed E-state index contributed by atoms with van der Waals surface area (Å²) >= 11 is 12.2. The first-order valence-corrected chi connectivity index (χ1v) is 7.13. The summed E-state index contributed by atoms with van der Waals surface area (Å²) in [5, 5.41) is 4.39. The predicted octanol–water partition coefficient (Wildman–Crippen LogP) is 4.60. The van der Waals surface area contributed by atoms with E-state index in [-0.39, 0.29) is 6.04 Å². The lowest BCUT2D eigenvalue weighted by molar-refractivity contribution is 0.555. The number of hydrogen-bond donors (Lipinski definition) is 2. The van der Waals surface area contributed by atoms with E-state index in [2.05, 4.69) is 10.3 Å². The third kappa shape index (κ3) is 2.77. The number of aromatic nitrogens is 1. The van der Waals surface area contributed by atoms with Crippen molar-refractivity contribution in [2.24, 2.45) is 0 Å². The topological polar surface area (TPSA) is 58.0 Å². The first-order valence-electron chi connectivity index (χ1n) is 6.38. The lowest BCUT2D eigenvalue weighted by Gasteiger charge is -2.17. The van der Waals surface area contributed by atoms with Gasteiger partial charge in [-0.1, -0.05) is 35.3 Å². The molecule has 2 aromatic carbocycles. The van der Waals surface area contributed by atoms with Crippen molar-refractivity contribution in [3.63, 3.8) is 0 Å². The number of halogens is 2. The molecule has 0 amide bonds. The molecule has 108 valence electrons. The van der Waals surface area contributed by atoms with Gasteiger partial charge in [-0.25, -0.2) is 4.79 Å². The normalized spacial score (nSPS) is 12.5. The first kappa shape index (κ1) is 14.0. The highest BCUT2D eigenvalue weighted by molar-refractivity contribution is 6.42. The summed E-state index contributed by atoms with van der Waals surface area (Å²) in [4.78, 5) is 13.8. The van der Waals surface area contributed by atoms with Crippen LogP contribution in [0, 0.1) is 0 Å². The van der Waals surface area contributed by atoms with Crippen molar-refractivity contribution in [2.45, 2.75) is 13.0 Å². The Morgan fingerprint density at radius 2 is 2.05 bits per heavy atom. The van der Waals surface area contributed by atoms with E-state index in [1.165, 1.54) is 0 Å². The van der Waals surface area contributed by atoms with Gasteiger partial charge in [0.25, 0.3) is 0 Å². The number of rotatable bonds is 3. The highest BCUT2D eigenvalue weighted by Gasteiger charge is 2.12. The molecule has 0 saturated heterocycles. The molecule has 2 N–H and O–H groups in total. The summed E-state index contributed by atoms with van der Waals surface area (Å²) < 4.78 is 4.97. The van der Waals surface area contributed by atoms with Crippen molar-refractivity contribution < 1.29 is 4.42 Å². The number of H-pyrrole nitrogens is 1. The summed E-state index contributed by atoms with van der Waals surface area (Å²) in [6.45, 7) is 1.99. The van der Waals surface area contributed by atoms with Crippen LogP contribution in [-0.4, -0.2) is 4.98 Å². The van der Waals surface area contributed by atoms with Crippen LogP contribution >= 0.6 is 23.2 Å². The van der Waals surface area contributed by atoms with Gasteiger partial charge in [-0.05, 0) is 36.8 Å². The van der Waals surface area contributed by atoms with Gasteiger partial charge in [0.15, 0.2) is 5.58 Å². The molecule has 0 fully saturated rings. The van der Waals surface area contributed by atoms with Gasteiger partial charge in [0, 0.05) is 5.69 Å². The second-order valence-corrected chi connectivity index (χ2v) is 5.52. The SMILES string of the molecule is CC(Nc1ccc2oc(=O)[nH]c2c1)c1cccc(Cl)c1Cl. The minimum atomic E-state index is -0.465. The van der Waals surface area contributed by atoms with Crippen LogP contribution in [0.15, 0.2) is 45.6 Å². The molecule has 0 radical (unpaired) electrons. The van der Waals surface area contributed by atoms with Gasteiger partial charge in [-0.3, -0.25) is 4.98 Å². The van der Waals surface area contributed by atoms with Crippen LogP contribution in [0.2, 0.25) is 10.0 Å². The zero-order valence-corrected chi connectivity index (χ0v) is 12.6. The molecule has 21 heavy (non-hydrogen) atoms. The van der Waals surface area contributed by atoms with E-state index in [0.29, 0.717) is 21.1 Å². The van der Waals surface area contributed by atoms with Crippen molar-refractivity contribution >= 4 is 40.0 Å². The molecular formula is C15H12Cl2N2O2. The molecule has 1 heterocycles. The number of oxazole rings is 1. The van der Waals surface area contributed by atoms with Crippen molar-refractivity contribution in [1.29, 1.82) is 0 Å². The Morgan fingerprint density at radius 1 is 1.24 bits per heavy atom. The van der Waals surface area contributed by atoms with Crippen molar-refractivity contribution in [2.75, 3.05) is 5.32 Å². The minimum Gasteiger partial charge on any atom is -0.408 e. The van der Waals surface area contributed by atoms with Gasteiger partial charge in [0.2, 0.25) is 0 Å². The zero-order valence-electron chi connectivity index (χ0n) is 11.1. The van der Waals surface area contributed by atoms with Crippen LogP contribution in [-0.2, 0) is 0 Å². The van der Waals surface area contributed by atoms with Gasteiger partial charge < -0.3 is 9.73 Å². The molecule has 3 aromatic rings. The van der Waals surface area contributed by atoms with Crippen LogP contribution < -0.4 is 11.1 Å². The van der Waals surface area contributed by atoms with Crippen molar-refractivity contribution in [3.8, 4) is 0 Å². The lowest BCUT2D eigenvalue weighted by Crippen LogP contribution is -2.07. The average molecular weight is 323 g/mol. The number of anilines is 1. The quantitative estimate of drug-likeness (QED) is 0.740. The number of fused-ring (bicyclic) bond motifs is 1. The molecular weight excluding hydrogens is 311 g/mol. The van der Waals surface area contributed by atoms with Crippen LogP contribution in [0.1, 0.15) is 18.5 Å². The van der Waals surface area contributed by atoms with Gasteiger partial charge >= 0.3 is 5.76 Å². The molecule has 0 saturated carbocycles. The number of hydrogen-bond acceptors (Lipinski definition) is 3. The Hall–Kier alpha value is -1.91. The summed E-state index contributed by atoms with van der Waals surface area (Å²) in [6, 6.07) is 10.9. The van der Waals surface area contributed by atoms with Gasteiger partial charge in [0.05, 0.1) is 21.6 Å². The molecule has 0 aliphatic rings. The summed E-state index contributed by atoms with van der Waals surface area (Å²) in [7, 11) is 0. The van der Waals surface area contributed by atoms with Gasteiger partial charge in [-0.2, -0.15) is 0 Å². The Labute approximate surface area is 130 Å². The Morgan fingerprint density at radius 3 is 2.86 bits per heavy atom. The molecule has 0 bridgehead atoms. The van der Waals surface area contributed by atoms with E-state index in [4.69, 9.17) is 27.6 Å². The van der Waals surface area contributed by atoms with E-state index in [1.54, 1.807) is 12.1 Å². The Balaban J connectivity index is 1.90. The molecule has 4 nitrogen and oxygen atoms in total. The third-order valence-corrected chi connectivity index (χ3v) is 4.08. The largest absolute Gasteiger partial charge is 0.417 e. The van der Waals surface area contributed by atoms with Crippen molar-refractivity contribution in [3.05, 3.63) is 62.6 Å². The van der Waals surface area contributed by atoms with Crippen LogP contribution in [0.5, 0.6) is 0 Å². The van der Waals surface area contributed by atoms with E-state index < -0.39 is 5.76 Å². The number of nitrogens with one attached hydrogen (secondary N) is 2. The lowest BCUT2D eigenvalue weighted by atomic mass is 10.1. The fourth-order valence-corrected chi connectivity index (χ4v) is 2.70. The molecule has 0 aliphatic heterocycles. The van der Waals surface area contributed by atoms with E-state index in [0.717, 1.165) is 11.3 Å². The molecule has 1 atom stereocenters. The van der Waals surface area contributed by atoms with E-state index in [1.807, 2.05) is 31.2 Å². The Kier molecular flexibility index (Phi) is 3.66. The second-order valence-electron chi connectivity index (χ2n) is 4.73. The number of aromatic amines is 1. The van der Waals surface area contributed by atoms with Crippen LogP contribution in [0.3, 0.4) is 0 Å². The van der Waals surface area contributed by atoms with Crippen molar-refractivity contribution in [1.82, 2.24) is 4.98 Å². The van der Waals surface area contributed by atoms with E-state index in [9.17, 15) is 4.79 Å². The van der Waals surface area contributed by atoms with E-state index >= 15 is 0 Å². The van der Waals surface area contributed by atoms with Gasteiger partial charge in [0.1, 0.15) is 0 Å². The molecule has 1 aromatic heterocycles. The predicted molar refractivity (Wildman–Crippen MR) is 85.3 cm³/mol. The van der Waals surface area contributed by atoms with Gasteiger partial charge in [-0.15, -0.1) is 0 Å². The summed E-state index contributed by atoms with van der Waals surface area (Å²) in [6.07, 6.45) is 0. The highest BCUT2D eigenvalue weighted by Crippen LogP contribution is 2.31.